The van der Waals surface area contributed by atoms with Gasteiger partial charge in [0.1, 0.15) is 0 Å². The highest BCUT2D eigenvalue weighted by Crippen LogP contribution is 2.36. The fourth-order valence-electron chi connectivity index (χ4n) is 1.13. The zero-order chi connectivity index (χ0) is 10.1. The van der Waals surface area contributed by atoms with Crippen LogP contribution in [0.2, 0.25) is 0 Å². The first-order chi connectivity index (χ1) is 5.88. The standard InChI is InChI=1S/C6H13N2O4P/c1-13(11,12)3-2-4-5(9)8-6(10)7-4/h4,6-7,10H,2-3H2,1H3,(H,8,9)(H,11,12). The van der Waals surface area contributed by atoms with Gasteiger partial charge in [-0.1, -0.05) is 0 Å². The molecule has 3 atom stereocenters. The predicted octanol–water partition coefficient (Wildman–Crippen LogP) is -1.36. The van der Waals surface area contributed by atoms with Crippen molar-refractivity contribution in [2.75, 3.05) is 12.8 Å². The molecule has 1 rings (SSSR count). The summed E-state index contributed by atoms with van der Waals surface area (Å²) in [6, 6.07) is -0.560. The van der Waals surface area contributed by atoms with Gasteiger partial charge < -0.3 is 15.3 Å². The molecule has 0 radical (unpaired) electrons. The first-order valence-electron chi connectivity index (χ1n) is 3.92. The van der Waals surface area contributed by atoms with Crippen LogP contribution in [-0.2, 0) is 9.36 Å². The minimum atomic E-state index is -3.07. The molecule has 0 aromatic carbocycles. The van der Waals surface area contributed by atoms with E-state index in [1.807, 2.05) is 0 Å². The first-order valence-corrected chi connectivity index (χ1v) is 6.21. The Balaban J connectivity index is 2.38. The van der Waals surface area contributed by atoms with Crippen LogP contribution in [0, 0.1) is 0 Å². The molecule has 1 fully saturated rings. The lowest BCUT2D eigenvalue weighted by atomic mass is 10.2. The molecule has 7 heteroatoms. The number of rotatable bonds is 3. The van der Waals surface area contributed by atoms with Gasteiger partial charge in [0.2, 0.25) is 5.91 Å². The number of aliphatic hydroxyl groups is 1. The summed E-state index contributed by atoms with van der Waals surface area (Å²) in [6.45, 7) is 1.25. The molecule has 1 aliphatic rings. The van der Waals surface area contributed by atoms with E-state index in [9.17, 15) is 9.36 Å². The van der Waals surface area contributed by atoms with E-state index < -0.39 is 19.8 Å². The molecule has 3 unspecified atom stereocenters. The van der Waals surface area contributed by atoms with Crippen LogP contribution in [0.5, 0.6) is 0 Å². The second-order valence-corrected chi connectivity index (χ2v) is 5.74. The molecule has 0 spiro atoms. The molecular weight excluding hydrogens is 195 g/mol. The van der Waals surface area contributed by atoms with E-state index in [-0.39, 0.29) is 18.5 Å². The van der Waals surface area contributed by atoms with Crippen molar-refractivity contribution in [3.63, 3.8) is 0 Å². The lowest BCUT2D eigenvalue weighted by molar-refractivity contribution is -0.121. The summed E-state index contributed by atoms with van der Waals surface area (Å²) in [5.74, 6) is -0.332. The zero-order valence-corrected chi connectivity index (χ0v) is 8.12. The Hall–Kier alpha value is -0.420. The quantitative estimate of drug-likeness (QED) is 0.429. The highest BCUT2D eigenvalue weighted by atomic mass is 31.2. The average molecular weight is 208 g/mol. The minimum Gasteiger partial charge on any atom is -0.361 e. The SMILES string of the molecule is CP(=O)(O)CCC1NC(O)NC1=O. The number of hydrogen-bond acceptors (Lipinski definition) is 4. The summed E-state index contributed by atoms with van der Waals surface area (Å²) >= 11 is 0. The topological polar surface area (TPSA) is 98.7 Å². The van der Waals surface area contributed by atoms with Crippen molar-refractivity contribution in [3.05, 3.63) is 0 Å². The molecular formula is C6H13N2O4P. The van der Waals surface area contributed by atoms with Gasteiger partial charge >= 0.3 is 0 Å². The van der Waals surface area contributed by atoms with Crippen LogP contribution in [0.4, 0.5) is 0 Å². The normalized spacial score (nSPS) is 32.7. The van der Waals surface area contributed by atoms with Crippen molar-refractivity contribution < 1.29 is 19.4 Å². The van der Waals surface area contributed by atoms with Crippen molar-refractivity contribution in [3.8, 4) is 0 Å². The molecule has 0 bridgehead atoms. The van der Waals surface area contributed by atoms with E-state index in [1.165, 1.54) is 6.66 Å². The number of nitrogens with one attached hydrogen (secondary N) is 2. The molecule has 6 nitrogen and oxygen atoms in total. The molecule has 4 N–H and O–H groups in total. The summed E-state index contributed by atoms with van der Waals surface area (Å²) < 4.78 is 10.9. The highest BCUT2D eigenvalue weighted by Gasteiger charge is 2.30. The minimum absolute atomic E-state index is 0.0742. The van der Waals surface area contributed by atoms with Gasteiger partial charge in [-0.25, -0.2) is 0 Å². The Morgan fingerprint density at radius 2 is 2.23 bits per heavy atom. The van der Waals surface area contributed by atoms with Crippen molar-refractivity contribution in [1.29, 1.82) is 0 Å². The van der Waals surface area contributed by atoms with Crippen molar-refractivity contribution in [2.24, 2.45) is 0 Å². The van der Waals surface area contributed by atoms with Crippen molar-refractivity contribution in [1.82, 2.24) is 10.6 Å². The molecule has 76 valence electrons. The van der Waals surface area contributed by atoms with Crippen LogP contribution in [0.15, 0.2) is 0 Å². The average Bonchev–Trinajstić information content (AvgIpc) is 2.24. The van der Waals surface area contributed by atoms with E-state index in [1.54, 1.807) is 0 Å². The second kappa shape index (κ2) is 3.75. The van der Waals surface area contributed by atoms with Gasteiger partial charge in [0.05, 0.1) is 6.04 Å². The number of carbonyl (C=O) groups is 1. The number of amides is 1. The monoisotopic (exact) mass is 208 g/mol. The Morgan fingerprint density at radius 1 is 1.62 bits per heavy atom. The molecule has 0 aromatic heterocycles. The molecule has 0 aliphatic carbocycles. The third-order valence-corrected chi connectivity index (χ3v) is 2.88. The Kier molecular flexibility index (Phi) is 3.08. The van der Waals surface area contributed by atoms with Gasteiger partial charge in [0.25, 0.3) is 0 Å². The maximum Gasteiger partial charge on any atom is 0.240 e. The third kappa shape index (κ3) is 3.44. The summed E-state index contributed by atoms with van der Waals surface area (Å²) in [4.78, 5) is 20.0. The first kappa shape index (κ1) is 10.7. The van der Waals surface area contributed by atoms with Crippen LogP contribution in [0.1, 0.15) is 6.42 Å². The van der Waals surface area contributed by atoms with Gasteiger partial charge in [-0.3, -0.25) is 14.7 Å². The summed E-state index contributed by atoms with van der Waals surface area (Å²) in [7, 11) is -3.07. The smallest absolute Gasteiger partial charge is 0.240 e. The summed E-state index contributed by atoms with van der Waals surface area (Å²) in [6.07, 6.45) is -0.703. The zero-order valence-electron chi connectivity index (χ0n) is 7.23. The number of hydrogen-bond donors (Lipinski definition) is 4. The molecule has 1 aliphatic heterocycles. The van der Waals surface area contributed by atoms with Crippen LogP contribution in [0.3, 0.4) is 0 Å². The van der Waals surface area contributed by atoms with Crippen molar-refractivity contribution in [2.45, 2.75) is 18.8 Å². The predicted molar refractivity (Wildman–Crippen MR) is 46.3 cm³/mol. The number of aliphatic hydroxyl groups excluding tert-OH is 1. The lowest BCUT2D eigenvalue weighted by Gasteiger charge is -2.09. The maximum atomic E-state index is 11.0. The molecule has 1 saturated heterocycles. The Labute approximate surface area is 75.8 Å². The van der Waals surface area contributed by atoms with Gasteiger partial charge in [-0.2, -0.15) is 0 Å². The van der Waals surface area contributed by atoms with Gasteiger partial charge in [-0.15, -0.1) is 0 Å². The highest BCUT2D eigenvalue weighted by molar-refractivity contribution is 7.57. The third-order valence-electron chi connectivity index (χ3n) is 1.79. The second-order valence-electron chi connectivity index (χ2n) is 3.19. The van der Waals surface area contributed by atoms with Crippen LogP contribution < -0.4 is 10.6 Å². The molecule has 0 aromatic rings. The summed E-state index contributed by atoms with van der Waals surface area (Å²) in [5, 5.41) is 13.7. The molecule has 1 amide bonds. The summed E-state index contributed by atoms with van der Waals surface area (Å²) in [5.41, 5.74) is 0. The molecule has 1 heterocycles. The van der Waals surface area contributed by atoms with E-state index in [0.717, 1.165) is 0 Å². The van der Waals surface area contributed by atoms with Crippen LogP contribution >= 0.6 is 7.37 Å². The van der Waals surface area contributed by atoms with E-state index in [0.29, 0.717) is 0 Å². The van der Waals surface area contributed by atoms with Gasteiger partial charge in [0, 0.05) is 12.8 Å². The Morgan fingerprint density at radius 3 is 2.62 bits per heavy atom. The largest absolute Gasteiger partial charge is 0.361 e. The van der Waals surface area contributed by atoms with E-state index in [2.05, 4.69) is 10.6 Å². The fourth-order valence-corrected chi connectivity index (χ4v) is 1.86. The van der Waals surface area contributed by atoms with Crippen LogP contribution in [-0.4, -0.2) is 41.1 Å². The van der Waals surface area contributed by atoms with Gasteiger partial charge in [-0.05, 0) is 6.42 Å². The van der Waals surface area contributed by atoms with E-state index >= 15 is 0 Å². The van der Waals surface area contributed by atoms with E-state index in [4.69, 9.17) is 10.00 Å². The lowest BCUT2D eigenvalue weighted by Crippen LogP contribution is -2.33. The Bertz CT molecular complexity index is 251. The van der Waals surface area contributed by atoms with Crippen molar-refractivity contribution >= 4 is 13.3 Å². The van der Waals surface area contributed by atoms with Gasteiger partial charge in [0.15, 0.2) is 13.7 Å². The fraction of sp³-hybridized carbons (Fsp3) is 0.833. The van der Waals surface area contributed by atoms with Crippen LogP contribution in [0.25, 0.3) is 0 Å². The molecule has 0 saturated carbocycles. The number of carbonyl (C=O) groups excluding carboxylic acids is 1. The maximum absolute atomic E-state index is 11.0. The molecule has 13 heavy (non-hydrogen) atoms.